The Morgan fingerprint density at radius 3 is 2.58 bits per heavy atom. The zero-order valence-corrected chi connectivity index (χ0v) is 7.72. The second-order valence-corrected chi connectivity index (χ2v) is 3.19. The molecule has 2 nitrogen and oxygen atoms in total. The van der Waals surface area contributed by atoms with E-state index in [2.05, 4.69) is 12.6 Å². The Bertz CT molecular complexity index is 301. The predicted molar refractivity (Wildman–Crippen MR) is 50.8 cm³/mol. The van der Waals surface area contributed by atoms with Crippen molar-refractivity contribution in [3.05, 3.63) is 34.9 Å². The molecule has 0 heterocycles. The highest BCUT2D eigenvalue weighted by molar-refractivity contribution is 7.81. The molecule has 1 atom stereocenters. The van der Waals surface area contributed by atoms with Gasteiger partial charge in [-0.05, 0) is 11.6 Å². The first-order valence-electron chi connectivity index (χ1n) is 3.28. The second-order valence-electron chi connectivity index (χ2n) is 2.26. The third kappa shape index (κ3) is 1.93. The number of rotatable bonds is 2. The molecule has 0 spiro atoms. The molecule has 12 heavy (non-hydrogen) atoms. The number of halogens is 1. The van der Waals surface area contributed by atoms with Crippen LogP contribution in [0, 0.1) is 0 Å². The smallest absolute Gasteiger partial charge is 0.320 e. The first-order chi connectivity index (χ1) is 5.63. The summed E-state index contributed by atoms with van der Waals surface area (Å²) in [6.07, 6.45) is 0. The van der Waals surface area contributed by atoms with Crippen LogP contribution in [0.15, 0.2) is 24.3 Å². The molecule has 1 rings (SSSR count). The molecule has 0 aromatic heterocycles. The molecule has 1 aromatic carbocycles. The minimum Gasteiger partial charge on any atom is -0.480 e. The minimum absolute atomic E-state index is 0.430. The minimum atomic E-state index is -0.994. The van der Waals surface area contributed by atoms with E-state index in [-0.39, 0.29) is 0 Å². The molecule has 0 aliphatic carbocycles. The Labute approximate surface area is 80.6 Å². The monoisotopic (exact) mass is 202 g/mol. The molecule has 0 amide bonds. The number of hydrogen-bond acceptors (Lipinski definition) is 2. The van der Waals surface area contributed by atoms with Gasteiger partial charge in [0.25, 0.3) is 0 Å². The van der Waals surface area contributed by atoms with E-state index in [1.165, 1.54) is 0 Å². The van der Waals surface area contributed by atoms with Gasteiger partial charge in [-0.15, -0.1) is 0 Å². The van der Waals surface area contributed by atoms with E-state index in [9.17, 15) is 4.79 Å². The van der Waals surface area contributed by atoms with E-state index in [4.69, 9.17) is 16.7 Å². The van der Waals surface area contributed by atoms with Crippen molar-refractivity contribution in [3.63, 3.8) is 0 Å². The topological polar surface area (TPSA) is 37.3 Å². The SMILES string of the molecule is O=C(O)C(S)c1ccccc1Cl. The molecule has 0 saturated heterocycles. The maximum atomic E-state index is 10.5. The Morgan fingerprint density at radius 1 is 1.50 bits per heavy atom. The van der Waals surface area contributed by atoms with Gasteiger partial charge < -0.3 is 5.11 Å². The van der Waals surface area contributed by atoms with Crippen molar-refractivity contribution in [1.82, 2.24) is 0 Å². The molecule has 0 aliphatic heterocycles. The average molecular weight is 203 g/mol. The van der Waals surface area contributed by atoms with Crippen molar-refractivity contribution in [2.24, 2.45) is 0 Å². The maximum Gasteiger partial charge on any atom is 0.320 e. The Morgan fingerprint density at radius 2 is 2.08 bits per heavy atom. The van der Waals surface area contributed by atoms with Crippen molar-refractivity contribution in [1.29, 1.82) is 0 Å². The summed E-state index contributed by atoms with van der Waals surface area (Å²) in [5, 5.41) is 8.21. The number of carboxylic acids is 1. The third-order valence-electron chi connectivity index (χ3n) is 1.43. The van der Waals surface area contributed by atoms with Crippen LogP contribution in [-0.4, -0.2) is 11.1 Å². The lowest BCUT2D eigenvalue weighted by molar-refractivity contribution is -0.136. The molecule has 0 bridgehead atoms. The molecular formula is C8H7ClO2S. The number of aliphatic carboxylic acids is 1. The van der Waals surface area contributed by atoms with E-state index in [1.54, 1.807) is 24.3 Å². The Balaban J connectivity index is 3.02. The van der Waals surface area contributed by atoms with Gasteiger partial charge in [-0.2, -0.15) is 12.6 Å². The summed E-state index contributed by atoms with van der Waals surface area (Å²) in [4.78, 5) is 10.5. The summed E-state index contributed by atoms with van der Waals surface area (Å²) in [7, 11) is 0. The molecule has 1 N–H and O–H groups in total. The molecule has 1 aromatic rings. The van der Waals surface area contributed by atoms with Crippen LogP contribution in [0.3, 0.4) is 0 Å². The molecular weight excluding hydrogens is 196 g/mol. The molecule has 0 saturated carbocycles. The number of hydrogen-bond donors (Lipinski definition) is 2. The number of carboxylic acid groups (broad SMARTS) is 1. The lowest BCUT2D eigenvalue weighted by Gasteiger charge is -2.06. The fourth-order valence-electron chi connectivity index (χ4n) is 0.830. The van der Waals surface area contributed by atoms with Gasteiger partial charge in [0.2, 0.25) is 0 Å². The van der Waals surface area contributed by atoms with Gasteiger partial charge in [-0.3, -0.25) is 4.79 Å². The van der Waals surface area contributed by atoms with Crippen LogP contribution in [0.25, 0.3) is 0 Å². The molecule has 0 aliphatic rings. The first kappa shape index (κ1) is 9.42. The Hall–Kier alpha value is -0.670. The van der Waals surface area contributed by atoms with Crippen LogP contribution < -0.4 is 0 Å². The van der Waals surface area contributed by atoms with E-state index >= 15 is 0 Å². The van der Waals surface area contributed by atoms with Gasteiger partial charge in [0, 0.05) is 5.02 Å². The van der Waals surface area contributed by atoms with Gasteiger partial charge in [0.05, 0.1) is 0 Å². The van der Waals surface area contributed by atoms with Crippen LogP contribution in [0.1, 0.15) is 10.8 Å². The second kappa shape index (κ2) is 3.83. The van der Waals surface area contributed by atoms with Crippen molar-refractivity contribution in [3.8, 4) is 0 Å². The standard InChI is InChI=1S/C8H7ClO2S/c9-6-4-2-1-3-5(6)7(12)8(10)11/h1-4,7,12H,(H,10,11). The van der Waals surface area contributed by atoms with Gasteiger partial charge in [0.15, 0.2) is 0 Å². The fourth-order valence-corrected chi connectivity index (χ4v) is 1.38. The van der Waals surface area contributed by atoms with Gasteiger partial charge in [0.1, 0.15) is 5.25 Å². The summed E-state index contributed by atoms with van der Waals surface area (Å²) in [6, 6.07) is 6.76. The van der Waals surface area contributed by atoms with Crippen LogP contribution in [0.5, 0.6) is 0 Å². The van der Waals surface area contributed by atoms with Crippen molar-refractivity contribution in [2.45, 2.75) is 5.25 Å². The van der Waals surface area contributed by atoms with E-state index in [0.717, 1.165) is 0 Å². The number of benzene rings is 1. The van der Waals surface area contributed by atoms with E-state index in [1.807, 2.05) is 0 Å². The molecule has 0 radical (unpaired) electrons. The van der Waals surface area contributed by atoms with Crippen LogP contribution in [0.4, 0.5) is 0 Å². The van der Waals surface area contributed by atoms with E-state index < -0.39 is 11.2 Å². The van der Waals surface area contributed by atoms with Gasteiger partial charge >= 0.3 is 5.97 Å². The lowest BCUT2D eigenvalue weighted by Crippen LogP contribution is -2.05. The zero-order valence-electron chi connectivity index (χ0n) is 6.07. The summed E-state index contributed by atoms with van der Waals surface area (Å²) >= 11 is 9.65. The highest BCUT2D eigenvalue weighted by Gasteiger charge is 2.16. The summed E-state index contributed by atoms with van der Waals surface area (Å²) in [5.74, 6) is -0.994. The summed E-state index contributed by atoms with van der Waals surface area (Å²) in [5.41, 5.74) is 0.523. The molecule has 0 fully saturated rings. The van der Waals surface area contributed by atoms with E-state index in [0.29, 0.717) is 10.6 Å². The Kier molecular flexibility index (Phi) is 3.00. The van der Waals surface area contributed by atoms with Crippen molar-refractivity contribution >= 4 is 30.2 Å². The first-order valence-corrected chi connectivity index (χ1v) is 4.17. The van der Waals surface area contributed by atoms with Crippen LogP contribution in [0.2, 0.25) is 5.02 Å². The molecule has 4 heteroatoms. The normalized spacial score (nSPS) is 12.5. The summed E-state index contributed by atoms with van der Waals surface area (Å²) in [6.45, 7) is 0. The largest absolute Gasteiger partial charge is 0.480 e. The lowest BCUT2D eigenvalue weighted by atomic mass is 10.1. The summed E-state index contributed by atoms with van der Waals surface area (Å²) < 4.78 is 0. The van der Waals surface area contributed by atoms with Gasteiger partial charge in [-0.25, -0.2) is 0 Å². The molecule has 64 valence electrons. The highest BCUT2D eigenvalue weighted by atomic mass is 35.5. The van der Waals surface area contributed by atoms with Crippen molar-refractivity contribution in [2.75, 3.05) is 0 Å². The zero-order chi connectivity index (χ0) is 9.14. The third-order valence-corrected chi connectivity index (χ3v) is 2.28. The molecule has 1 unspecified atom stereocenters. The predicted octanol–water partition coefficient (Wildman–Crippen LogP) is 2.40. The number of carbonyl (C=O) groups is 1. The number of thiol groups is 1. The highest BCUT2D eigenvalue weighted by Crippen LogP contribution is 2.26. The quantitative estimate of drug-likeness (QED) is 0.723. The fraction of sp³-hybridized carbons (Fsp3) is 0.125. The van der Waals surface area contributed by atoms with Crippen LogP contribution >= 0.6 is 24.2 Å². The van der Waals surface area contributed by atoms with Crippen LogP contribution in [-0.2, 0) is 4.79 Å². The van der Waals surface area contributed by atoms with Crippen molar-refractivity contribution < 1.29 is 9.90 Å². The maximum absolute atomic E-state index is 10.5. The van der Waals surface area contributed by atoms with Gasteiger partial charge in [-0.1, -0.05) is 29.8 Å². The average Bonchev–Trinajstić information content (AvgIpc) is 2.04.